The fraction of sp³-hybridized carbons (Fsp3) is 0.172. The smallest absolute Gasteiger partial charge is 0.148 e. The molecule has 316 valence electrons. The molecular formula is C58H52N3OPt-. The molecule has 0 radical (unpaired) electrons. The molecule has 0 spiro atoms. The minimum absolute atomic E-state index is 0. The number of benzene rings is 7. The number of pyridine rings is 1. The Morgan fingerprint density at radius 2 is 1.38 bits per heavy atom. The minimum atomic E-state index is -2.98. The van der Waals surface area contributed by atoms with E-state index in [1.165, 1.54) is 0 Å². The number of aryl methyl sites for hydroxylation is 2. The molecule has 9 aromatic rings. The van der Waals surface area contributed by atoms with E-state index in [9.17, 15) is 7.85 Å². The van der Waals surface area contributed by atoms with Crippen LogP contribution in [0.5, 0.6) is 5.75 Å². The Labute approximate surface area is 402 Å². The van der Waals surface area contributed by atoms with Crippen molar-refractivity contribution in [2.45, 2.75) is 66.6 Å². The van der Waals surface area contributed by atoms with Crippen LogP contribution >= 0.6 is 0 Å². The van der Waals surface area contributed by atoms with Crippen molar-refractivity contribution in [1.82, 2.24) is 14.5 Å². The Morgan fingerprint density at radius 3 is 2.05 bits per heavy atom. The normalized spacial score (nSPS) is 14.4. The monoisotopic (exact) mass is 1010 g/mol. The first-order chi connectivity index (χ1) is 34.3. The maximum Gasteiger partial charge on any atom is 0.148 e. The van der Waals surface area contributed by atoms with E-state index in [0.29, 0.717) is 39.1 Å². The summed E-state index contributed by atoms with van der Waals surface area (Å²) in [6.07, 6.45) is -0.600. The first-order valence-electron chi connectivity index (χ1n) is 26.1. The molecule has 1 N–H and O–H groups in total. The topological polar surface area (TPSA) is 50.9 Å². The van der Waals surface area contributed by atoms with Crippen molar-refractivity contribution < 1.29 is 41.3 Å². The van der Waals surface area contributed by atoms with E-state index >= 15 is 0 Å². The van der Waals surface area contributed by atoms with Crippen LogP contribution in [0, 0.1) is 26.8 Å². The van der Waals surface area contributed by atoms with Gasteiger partial charge < -0.3 is 5.11 Å². The molecule has 0 saturated carbocycles. The molecule has 0 bridgehead atoms. The van der Waals surface area contributed by atoms with Crippen molar-refractivity contribution in [3.05, 3.63) is 192 Å². The van der Waals surface area contributed by atoms with Crippen LogP contribution in [0.2, 0.25) is 0 Å². The predicted molar refractivity (Wildman–Crippen MR) is 259 cm³/mol. The first kappa shape index (κ1) is 31.5. The fourth-order valence-corrected chi connectivity index (χ4v) is 8.05. The average Bonchev–Trinajstić information content (AvgIpc) is 3.73. The van der Waals surface area contributed by atoms with Gasteiger partial charge in [-0.2, -0.15) is 0 Å². The molecule has 63 heavy (non-hydrogen) atoms. The Hall–Kier alpha value is -6.35. The van der Waals surface area contributed by atoms with Gasteiger partial charge in [0, 0.05) is 44.0 Å². The maximum atomic E-state index is 12.0. The summed E-state index contributed by atoms with van der Waals surface area (Å²) < 4.78 is 97.6. The molecule has 0 amide bonds. The van der Waals surface area contributed by atoms with E-state index in [-0.39, 0.29) is 38.1 Å². The van der Waals surface area contributed by atoms with Gasteiger partial charge in [-0.1, -0.05) is 160 Å². The summed E-state index contributed by atoms with van der Waals surface area (Å²) in [4.78, 5) is 9.88. The number of imidazole rings is 1. The summed E-state index contributed by atoms with van der Waals surface area (Å²) in [6, 6.07) is 36.7. The van der Waals surface area contributed by atoms with Gasteiger partial charge in [-0.3, -0.25) is 9.55 Å². The van der Waals surface area contributed by atoms with Gasteiger partial charge in [0.15, 0.2) is 0 Å². The maximum absolute atomic E-state index is 12.0. The van der Waals surface area contributed by atoms with Gasteiger partial charge in [0.1, 0.15) is 11.6 Å². The second-order valence-electron chi connectivity index (χ2n) is 17.0. The summed E-state index contributed by atoms with van der Waals surface area (Å²) in [7, 11) is 0. The molecule has 0 atom stereocenters. The molecule has 0 unspecified atom stereocenters. The van der Waals surface area contributed by atoms with E-state index in [4.69, 9.17) is 17.3 Å². The number of phenolic OH excluding ortho intramolecular Hbond substituents is 1. The molecule has 9 rings (SSSR count). The Bertz CT molecular complexity index is 3660. The largest absolute Gasteiger partial charge is 0.507 e. The number of aromatic hydroxyl groups is 1. The van der Waals surface area contributed by atoms with Crippen LogP contribution in [0.3, 0.4) is 0 Å². The zero-order valence-corrected chi connectivity index (χ0v) is 38.3. The molecular weight excluding hydrogens is 950 g/mol. The number of hydrogen-bond donors (Lipinski definition) is 1. The van der Waals surface area contributed by atoms with Crippen LogP contribution < -0.4 is 0 Å². The van der Waals surface area contributed by atoms with E-state index in [2.05, 4.69) is 27.8 Å². The van der Waals surface area contributed by atoms with E-state index in [1.807, 2.05) is 146 Å². The fourth-order valence-electron chi connectivity index (χ4n) is 8.05. The molecule has 0 fully saturated rings. The van der Waals surface area contributed by atoms with E-state index in [0.717, 1.165) is 44.6 Å². The summed E-state index contributed by atoms with van der Waals surface area (Å²) in [5, 5.41) is 12.0. The molecule has 4 nitrogen and oxygen atoms in total. The van der Waals surface area contributed by atoms with Crippen molar-refractivity contribution >= 4 is 11.0 Å². The zero-order chi connectivity index (χ0) is 52.8. The summed E-state index contributed by atoms with van der Waals surface area (Å²) in [6.45, 7) is 10.6. The van der Waals surface area contributed by atoms with Crippen molar-refractivity contribution in [2.75, 3.05) is 0 Å². The van der Waals surface area contributed by atoms with E-state index < -0.39 is 77.3 Å². The van der Waals surface area contributed by atoms with Crippen LogP contribution in [-0.2, 0) is 26.5 Å². The number of hydrogen-bond acceptors (Lipinski definition) is 3. The molecule has 2 heterocycles. The molecule has 2 aromatic heterocycles. The Morgan fingerprint density at radius 1 is 0.698 bits per heavy atom. The summed E-state index contributed by atoms with van der Waals surface area (Å²) >= 11 is 0. The number of phenols is 1. The molecule has 0 saturated heterocycles. The van der Waals surface area contributed by atoms with Crippen LogP contribution in [0.25, 0.3) is 83.9 Å². The second kappa shape index (κ2) is 17.4. The summed E-state index contributed by atoms with van der Waals surface area (Å²) in [5.41, 5.74) is 8.22. The first-order valence-corrected chi connectivity index (χ1v) is 20.6. The SMILES string of the molecule is [2H]c1nc(-c2[c-]c(-c3cccc4c3nc(-c3cc(C)cc(C)c3O)n4-c3cc(-c4ccccc4)c(C([2H])(C)C)cc3-c3ccccc3)cc(C(C)(C)C)c2)c([2H])c(-c2c([2H])c([2H])c(C([2H])([2H])[2H])c([2H])c2[2H])c1[2H].[Pt]. The number of para-hydroxylation sites is 1. The molecule has 7 aromatic carbocycles. The molecule has 0 aliphatic heterocycles. The second-order valence-corrected chi connectivity index (χ2v) is 17.0. The van der Waals surface area contributed by atoms with E-state index in [1.54, 1.807) is 6.07 Å². The Balaban J connectivity index is 0.00000729. The van der Waals surface area contributed by atoms with Gasteiger partial charge in [-0.15, -0.1) is 29.3 Å². The average molecular weight is 1010 g/mol. The van der Waals surface area contributed by atoms with Gasteiger partial charge in [0.05, 0.1) is 31.9 Å². The molecule has 0 aliphatic carbocycles. The van der Waals surface area contributed by atoms with Crippen LogP contribution in [0.15, 0.2) is 158 Å². The standard InChI is InChI=1S/C58H52N3O.Pt/c1-36(2)48-34-50(42-18-13-10-14-19-42)54(35-49(48)41-16-11-9-12-17-41)61-53-21-15-20-47(55(53)60-57(61)51-29-38(4)28-39(5)56(51)62)44-30-45(32-46(31-44)58(6,7)8)52-33-43(26-27-59-52)40-24-22-37(3)23-25-40;/h9-29,31-36,62H,1-8H3;/q-1;/i3D3,22D,23D,24D,25D,26D,27D,33D,36D;. The van der Waals surface area contributed by atoms with Gasteiger partial charge in [0.25, 0.3) is 0 Å². The minimum Gasteiger partial charge on any atom is -0.507 e. The number of fused-ring (bicyclic) bond motifs is 1. The predicted octanol–water partition coefficient (Wildman–Crippen LogP) is 15.3. The number of aromatic nitrogens is 3. The van der Waals surface area contributed by atoms with Gasteiger partial charge in [-0.05, 0) is 107 Å². The van der Waals surface area contributed by atoms with Crippen LogP contribution in [0.4, 0.5) is 0 Å². The van der Waals surface area contributed by atoms with Crippen molar-refractivity contribution in [3.8, 4) is 78.6 Å². The van der Waals surface area contributed by atoms with Gasteiger partial charge in [0.2, 0.25) is 0 Å². The van der Waals surface area contributed by atoms with Crippen molar-refractivity contribution in [2.24, 2.45) is 0 Å². The molecule has 0 aliphatic rings. The van der Waals surface area contributed by atoms with Crippen LogP contribution in [0.1, 0.15) is 83.4 Å². The third-order valence-corrected chi connectivity index (χ3v) is 11.2. The van der Waals surface area contributed by atoms with Crippen molar-refractivity contribution in [3.63, 3.8) is 0 Å². The van der Waals surface area contributed by atoms with Crippen LogP contribution in [-0.4, -0.2) is 19.6 Å². The van der Waals surface area contributed by atoms with Gasteiger partial charge in [-0.25, -0.2) is 4.98 Å². The number of nitrogens with zero attached hydrogens (tertiary/aromatic N) is 3. The Kier molecular flexibility index (Phi) is 8.71. The third kappa shape index (κ3) is 8.45. The summed E-state index contributed by atoms with van der Waals surface area (Å²) in [5.74, 6) is -0.507. The van der Waals surface area contributed by atoms with Crippen molar-refractivity contribution in [1.29, 1.82) is 0 Å². The zero-order valence-electron chi connectivity index (χ0n) is 47.1. The quantitative estimate of drug-likeness (QED) is 0.154. The third-order valence-electron chi connectivity index (χ3n) is 11.2. The molecule has 5 heteroatoms. The number of rotatable bonds is 8. The van der Waals surface area contributed by atoms with Gasteiger partial charge >= 0.3 is 0 Å².